The highest BCUT2D eigenvalue weighted by Crippen LogP contribution is 2.35. The average molecular weight is 355 g/mol. The quantitative estimate of drug-likeness (QED) is 0.562. The highest BCUT2D eigenvalue weighted by Gasteiger charge is 2.31. The summed E-state index contributed by atoms with van der Waals surface area (Å²) in [5, 5.41) is 17.0. The monoisotopic (exact) mass is 355 g/mol. The normalized spacial score (nSPS) is 15.0. The molecule has 2 heterocycles. The van der Waals surface area contributed by atoms with E-state index in [2.05, 4.69) is 45.8 Å². The highest BCUT2D eigenvalue weighted by atomic mass is 15.4. The maximum Gasteiger partial charge on any atom is 0.185 e. The first kappa shape index (κ1) is 16.0. The topological polar surface area (TPSA) is 55.1 Å². The van der Waals surface area contributed by atoms with Crippen molar-refractivity contribution in [1.29, 1.82) is 0 Å². The van der Waals surface area contributed by atoms with E-state index in [1.807, 2.05) is 47.0 Å². The summed E-state index contributed by atoms with van der Waals surface area (Å²) in [7, 11) is 0. The largest absolute Gasteiger partial charge is 0.365 e. The molecule has 0 bridgehead atoms. The maximum absolute atomic E-state index is 4.78. The molecular weight excluding hydrogens is 334 g/mol. The lowest BCUT2D eigenvalue weighted by Crippen LogP contribution is -2.25. The number of benzene rings is 2. The van der Waals surface area contributed by atoms with Gasteiger partial charge in [-0.3, -0.25) is 0 Å². The molecule has 0 aliphatic heterocycles. The fourth-order valence-electron chi connectivity index (χ4n) is 3.53. The van der Waals surface area contributed by atoms with Crippen LogP contribution in [0.25, 0.3) is 17.0 Å². The van der Waals surface area contributed by atoms with E-state index >= 15 is 0 Å². The molecule has 1 unspecified atom stereocenters. The van der Waals surface area contributed by atoms with Gasteiger partial charge in [0.25, 0.3) is 0 Å². The molecule has 0 saturated heterocycles. The number of hydrogen-bond donors (Lipinski definition) is 1. The first-order valence-corrected chi connectivity index (χ1v) is 9.45. The van der Waals surface area contributed by atoms with Crippen molar-refractivity contribution in [3.8, 4) is 11.4 Å². The summed E-state index contributed by atoms with van der Waals surface area (Å²) in [4.78, 5) is 0. The van der Waals surface area contributed by atoms with Crippen LogP contribution in [-0.2, 0) is 6.42 Å². The molecule has 5 rings (SSSR count). The first-order valence-electron chi connectivity index (χ1n) is 9.45. The Hall–Kier alpha value is -3.21. The molecule has 5 nitrogen and oxygen atoms in total. The molecule has 2 aromatic carbocycles. The van der Waals surface area contributed by atoms with Crippen molar-refractivity contribution in [2.45, 2.75) is 25.3 Å². The second-order valence-electron chi connectivity index (χ2n) is 7.16. The van der Waals surface area contributed by atoms with Gasteiger partial charge in [-0.2, -0.15) is 4.52 Å². The van der Waals surface area contributed by atoms with Crippen LogP contribution >= 0.6 is 0 Å². The molecule has 1 fully saturated rings. The fraction of sp³-hybridized carbons (Fsp3) is 0.227. The minimum atomic E-state index is 0.397. The van der Waals surface area contributed by atoms with E-state index in [0.29, 0.717) is 6.04 Å². The summed E-state index contributed by atoms with van der Waals surface area (Å²) in [6.07, 6.45) is 3.59. The Morgan fingerprint density at radius 1 is 0.889 bits per heavy atom. The predicted octanol–water partition coefficient (Wildman–Crippen LogP) is 4.22. The van der Waals surface area contributed by atoms with Gasteiger partial charge in [0.05, 0.1) is 0 Å². The van der Waals surface area contributed by atoms with Crippen LogP contribution in [0.5, 0.6) is 0 Å². The summed E-state index contributed by atoms with van der Waals surface area (Å²) in [5.74, 6) is 2.35. The standard InChI is InChI=1S/C22H21N5/c1-3-7-16(8-4-1)15-19(17-11-12-17)23-20-13-14-21-24-25-22(27(21)26-20)18-9-5-2-6-10-18/h1-10,13-14,17,19H,11-12,15H2,(H,23,26). The van der Waals surface area contributed by atoms with Gasteiger partial charge in [-0.1, -0.05) is 60.7 Å². The van der Waals surface area contributed by atoms with Crippen molar-refractivity contribution in [3.05, 3.63) is 78.4 Å². The number of rotatable bonds is 6. The second-order valence-corrected chi connectivity index (χ2v) is 7.16. The molecule has 2 aromatic heterocycles. The first-order chi connectivity index (χ1) is 13.4. The van der Waals surface area contributed by atoms with Crippen LogP contribution in [0.1, 0.15) is 18.4 Å². The summed E-state index contributed by atoms with van der Waals surface area (Å²) < 4.78 is 1.82. The predicted molar refractivity (Wildman–Crippen MR) is 106 cm³/mol. The van der Waals surface area contributed by atoms with Crippen LogP contribution in [0, 0.1) is 5.92 Å². The molecule has 27 heavy (non-hydrogen) atoms. The molecule has 5 heteroatoms. The maximum atomic E-state index is 4.78. The number of aromatic nitrogens is 4. The summed E-state index contributed by atoms with van der Waals surface area (Å²) in [5.41, 5.74) is 3.13. The lowest BCUT2D eigenvalue weighted by molar-refractivity contribution is 0.627. The average Bonchev–Trinajstić information content (AvgIpc) is 3.49. The van der Waals surface area contributed by atoms with E-state index in [9.17, 15) is 0 Å². The smallest absolute Gasteiger partial charge is 0.185 e. The number of hydrogen-bond acceptors (Lipinski definition) is 4. The molecule has 1 saturated carbocycles. The zero-order valence-electron chi connectivity index (χ0n) is 15.0. The van der Waals surface area contributed by atoms with E-state index in [-0.39, 0.29) is 0 Å². The number of nitrogens with zero attached hydrogens (tertiary/aromatic N) is 4. The van der Waals surface area contributed by atoms with Crippen molar-refractivity contribution >= 4 is 11.5 Å². The molecule has 1 atom stereocenters. The van der Waals surface area contributed by atoms with Gasteiger partial charge in [0.1, 0.15) is 5.82 Å². The van der Waals surface area contributed by atoms with E-state index in [4.69, 9.17) is 5.10 Å². The van der Waals surface area contributed by atoms with Gasteiger partial charge in [-0.05, 0) is 42.9 Å². The molecule has 1 N–H and O–H groups in total. The van der Waals surface area contributed by atoms with E-state index in [0.717, 1.165) is 35.2 Å². The van der Waals surface area contributed by atoms with Crippen LogP contribution in [0.4, 0.5) is 5.82 Å². The van der Waals surface area contributed by atoms with Gasteiger partial charge in [-0.15, -0.1) is 15.3 Å². The molecule has 1 aliphatic rings. The Morgan fingerprint density at radius 2 is 1.63 bits per heavy atom. The van der Waals surface area contributed by atoms with Gasteiger partial charge >= 0.3 is 0 Å². The van der Waals surface area contributed by atoms with Crippen LogP contribution in [-0.4, -0.2) is 25.9 Å². The van der Waals surface area contributed by atoms with Gasteiger partial charge in [0.15, 0.2) is 11.5 Å². The van der Waals surface area contributed by atoms with E-state index in [1.54, 1.807) is 0 Å². The van der Waals surface area contributed by atoms with Crippen molar-refractivity contribution in [3.63, 3.8) is 0 Å². The third kappa shape index (κ3) is 3.40. The molecule has 0 radical (unpaired) electrons. The molecule has 134 valence electrons. The zero-order valence-corrected chi connectivity index (χ0v) is 15.0. The third-order valence-corrected chi connectivity index (χ3v) is 5.12. The number of fused-ring (bicyclic) bond motifs is 1. The Morgan fingerprint density at radius 3 is 2.37 bits per heavy atom. The van der Waals surface area contributed by atoms with Crippen LogP contribution in [0.3, 0.4) is 0 Å². The molecule has 0 amide bonds. The second kappa shape index (κ2) is 6.83. The van der Waals surface area contributed by atoms with E-state index < -0.39 is 0 Å². The number of nitrogens with one attached hydrogen (secondary N) is 1. The minimum absolute atomic E-state index is 0.397. The minimum Gasteiger partial charge on any atom is -0.365 e. The van der Waals surface area contributed by atoms with Gasteiger partial charge in [-0.25, -0.2) is 0 Å². The van der Waals surface area contributed by atoms with Crippen molar-refractivity contribution in [2.24, 2.45) is 5.92 Å². The Balaban J connectivity index is 1.44. The summed E-state index contributed by atoms with van der Waals surface area (Å²) in [6.45, 7) is 0. The molecule has 0 spiro atoms. The Kier molecular flexibility index (Phi) is 4.05. The molecule has 1 aliphatic carbocycles. The van der Waals surface area contributed by atoms with Crippen molar-refractivity contribution < 1.29 is 0 Å². The Bertz CT molecular complexity index is 1040. The number of anilines is 1. The zero-order chi connectivity index (χ0) is 18.1. The van der Waals surface area contributed by atoms with Crippen LogP contribution < -0.4 is 5.32 Å². The SMILES string of the molecule is c1ccc(CC(Nc2ccc3nnc(-c4ccccc4)n3n2)C2CC2)cc1. The lowest BCUT2D eigenvalue weighted by atomic mass is 10.0. The Labute approximate surface area is 158 Å². The molecule has 4 aromatic rings. The lowest BCUT2D eigenvalue weighted by Gasteiger charge is -2.19. The summed E-state index contributed by atoms with van der Waals surface area (Å²) in [6, 6.07) is 25.1. The van der Waals surface area contributed by atoms with Crippen molar-refractivity contribution in [2.75, 3.05) is 5.32 Å². The van der Waals surface area contributed by atoms with Gasteiger partial charge in [0, 0.05) is 11.6 Å². The third-order valence-electron chi connectivity index (χ3n) is 5.12. The van der Waals surface area contributed by atoms with Crippen LogP contribution in [0.2, 0.25) is 0 Å². The van der Waals surface area contributed by atoms with E-state index in [1.165, 1.54) is 18.4 Å². The van der Waals surface area contributed by atoms with Crippen LogP contribution in [0.15, 0.2) is 72.8 Å². The fourth-order valence-corrected chi connectivity index (χ4v) is 3.53. The van der Waals surface area contributed by atoms with Gasteiger partial charge < -0.3 is 5.32 Å². The van der Waals surface area contributed by atoms with Crippen molar-refractivity contribution in [1.82, 2.24) is 19.8 Å². The summed E-state index contributed by atoms with van der Waals surface area (Å²) >= 11 is 0. The van der Waals surface area contributed by atoms with Gasteiger partial charge in [0.2, 0.25) is 0 Å². The highest BCUT2D eigenvalue weighted by molar-refractivity contribution is 5.59. The molecular formula is C22H21N5.